The van der Waals surface area contributed by atoms with Gasteiger partial charge in [0.15, 0.2) is 11.9 Å². The summed E-state index contributed by atoms with van der Waals surface area (Å²) in [6, 6.07) is -16.7. The van der Waals surface area contributed by atoms with Crippen molar-refractivity contribution >= 4 is 94.7 Å². The molecule has 0 aliphatic rings. The van der Waals surface area contributed by atoms with Crippen molar-refractivity contribution in [2.45, 2.75) is 225 Å². The fraction of sp³-hybridized carbons (Fsp3) is 0.729. The molecule has 0 aliphatic carbocycles. The summed E-state index contributed by atoms with van der Waals surface area (Å²) in [5.74, 6) is -17.0. The van der Waals surface area contributed by atoms with E-state index < -0.39 is 199 Å². The van der Waals surface area contributed by atoms with Crippen molar-refractivity contribution < 1.29 is 82.4 Å². The van der Waals surface area contributed by atoms with Crippen LogP contribution in [0.2, 0.25) is 0 Å². The van der Waals surface area contributed by atoms with Crippen molar-refractivity contribution in [3.8, 4) is 0 Å². The largest absolute Gasteiger partial charge is 0.480 e. The van der Waals surface area contributed by atoms with Gasteiger partial charge in [0.25, 0.3) is 0 Å². The summed E-state index contributed by atoms with van der Waals surface area (Å²) in [6.07, 6.45) is -3.66. The number of nitrogens with two attached hydrogens (primary N) is 8. The topological polar surface area (TPSA) is 665 Å². The first-order valence-electron chi connectivity index (χ1n) is 32.3. The lowest BCUT2D eigenvalue weighted by Crippen LogP contribution is -2.62. The Morgan fingerprint density at radius 2 is 0.784 bits per heavy atom. The lowest BCUT2D eigenvalue weighted by molar-refractivity contribution is -0.143. The Bertz CT molecular complexity index is 2710. The van der Waals surface area contributed by atoms with Crippen LogP contribution in [0.4, 0.5) is 0 Å². The van der Waals surface area contributed by atoms with Crippen molar-refractivity contribution in [1.82, 2.24) is 58.5 Å². The predicted molar refractivity (Wildman–Crippen MR) is 355 cm³/mol. The van der Waals surface area contributed by atoms with Gasteiger partial charge in [0.2, 0.25) is 76.8 Å². The minimum absolute atomic E-state index is 0.0268. The first-order valence-corrected chi connectivity index (χ1v) is 32.3. The Kier molecular flexibility index (Phi) is 41.2. The number of aliphatic imine (C=N–C) groups is 2. The van der Waals surface area contributed by atoms with Crippen molar-refractivity contribution in [2.24, 2.45) is 79.5 Å². The van der Waals surface area contributed by atoms with Crippen LogP contribution in [0.15, 0.2) is 9.98 Å². The molecule has 0 saturated carbocycles. The van der Waals surface area contributed by atoms with E-state index in [4.69, 9.17) is 45.9 Å². The van der Waals surface area contributed by atoms with Gasteiger partial charge in [-0.2, -0.15) is 0 Å². The normalized spacial score (nSPS) is 15.8. The maximum Gasteiger partial charge on any atom is 0.326 e. The second-order valence-corrected chi connectivity index (χ2v) is 24.6. The summed E-state index contributed by atoms with van der Waals surface area (Å²) in [6.45, 7) is 14.8. The molecule has 0 heterocycles. The molecule has 0 aliphatic heterocycles. The molecular weight excluding hydrogens is 1270 g/mol. The summed E-state index contributed by atoms with van der Waals surface area (Å²) >= 11 is 0. The van der Waals surface area contributed by atoms with Crippen molar-refractivity contribution in [3.05, 3.63) is 0 Å². The zero-order valence-electron chi connectivity index (χ0n) is 57.2. The van der Waals surface area contributed by atoms with Gasteiger partial charge in [0, 0.05) is 13.1 Å². The van der Waals surface area contributed by atoms with Crippen LogP contribution in [-0.4, -0.2) is 215 Å². The Morgan fingerprint density at radius 1 is 0.412 bits per heavy atom. The molecule has 0 radical (unpaired) electrons. The zero-order chi connectivity index (χ0) is 74.6. The van der Waals surface area contributed by atoms with E-state index in [1.807, 2.05) is 0 Å². The molecule has 97 heavy (non-hydrogen) atoms. The highest BCUT2D eigenvalue weighted by Crippen LogP contribution is 2.15. The molecule has 38 heteroatoms. The van der Waals surface area contributed by atoms with E-state index in [1.54, 1.807) is 55.4 Å². The van der Waals surface area contributed by atoms with Crippen LogP contribution in [0.3, 0.4) is 0 Å². The zero-order valence-corrected chi connectivity index (χ0v) is 57.2. The molecule has 0 unspecified atom stereocenters. The molecule has 13 amide bonds. The maximum absolute atomic E-state index is 14.1. The number of aliphatic hydroxyl groups is 2. The molecule has 30 N–H and O–H groups in total. The van der Waals surface area contributed by atoms with Gasteiger partial charge in [-0.05, 0) is 95.4 Å². The van der Waals surface area contributed by atoms with Crippen molar-refractivity contribution in [2.75, 3.05) is 26.2 Å². The van der Waals surface area contributed by atoms with Gasteiger partial charge >= 0.3 is 5.97 Å². The fourth-order valence-electron chi connectivity index (χ4n) is 9.31. The number of unbranched alkanes of at least 4 members (excludes halogenated alkanes) is 1. The molecule has 0 spiro atoms. The van der Waals surface area contributed by atoms with Gasteiger partial charge in [-0.15, -0.1) is 0 Å². The van der Waals surface area contributed by atoms with Gasteiger partial charge in [-0.1, -0.05) is 68.2 Å². The third kappa shape index (κ3) is 34.5. The van der Waals surface area contributed by atoms with E-state index in [2.05, 4.69) is 68.5 Å². The summed E-state index contributed by atoms with van der Waals surface area (Å²) in [4.78, 5) is 195. The highest BCUT2D eigenvalue weighted by Gasteiger charge is 2.39. The lowest BCUT2D eigenvalue weighted by Gasteiger charge is -2.30. The molecule has 0 aromatic rings. The molecule has 15 atom stereocenters. The van der Waals surface area contributed by atoms with E-state index in [0.717, 1.165) is 6.92 Å². The van der Waals surface area contributed by atoms with Crippen LogP contribution in [-0.2, 0) is 67.1 Å². The number of carbonyl (C=O) groups excluding carboxylic acids is 13. The van der Waals surface area contributed by atoms with E-state index in [1.165, 1.54) is 6.92 Å². The smallest absolute Gasteiger partial charge is 0.326 e. The average Bonchev–Trinajstić information content (AvgIpc) is 0.880. The van der Waals surface area contributed by atoms with Crippen LogP contribution in [0.5, 0.6) is 0 Å². The van der Waals surface area contributed by atoms with Crippen molar-refractivity contribution in [1.29, 1.82) is 0 Å². The Labute approximate surface area is 564 Å². The average molecular weight is 1380 g/mol. The summed E-state index contributed by atoms with van der Waals surface area (Å²) < 4.78 is 0. The van der Waals surface area contributed by atoms with Gasteiger partial charge in [-0.3, -0.25) is 72.3 Å². The third-order valence-electron chi connectivity index (χ3n) is 15.3. The number of nitrogens with one attached hydrogen (secondary N) is 11. The first kappa shape index (κ1) is 88.0. The molecule has 0 aromatic carbocycles. The minimum Gasteiger partial charge on any atom is -0.480 e. The van der Waals surface area contributed by atoms with Crippen LogP contribution >= 0.6 is 0 Å². The van der Waals surface area contributed by atoms with Gasteiger partial charge in [0.05, 0.1) is 37.6 Å². The molecule has 552 valence electrons. The lowest BCUT2D eigenvalue weighted by atomic mass is 9.96. The van der Waals surface area contributed by atoms with Crippen LogP contribution in [0.25, 0.3) is 0 Å². The van der Waals surface area contributed by atoms with Crippen LogP contribution < -0.4 is 104 Å². The number of amides is 13. The number of guanidine groups is 2. The minimum atomic E-state index is -1.79. The number of hydrogen-bond donors (Lipinski definition) is 22. The third-order valence-corrected chi connectivity index (χ3v) is 15.3. The van der Waals surface area contributed by atoms with E-state index in [0.29, 0.717) is 12.8 Å². The van der Waals surface area contributed by atoms with Crippen LogP contribution in [0, 0.1) is 23.7 Å². The predicted octanol–water partition coefficient (Wildman–Crippen LogP) is -8.09. The summed E-state index contributed by atoms with van der Waals surface area (Å²) in [5, 5.41) is 58.1. The Balaban J connectivity index is 6.67. The molecule has 0 saturated heterocycles. The molecule has 0 bridgehead atoms. The summed E-state index contributed by atoms with van der Waals surface area (Å²) in [7, 11) is 0. The number of primary amides is 2. The highest BCUT2D eigenvalue weighted by atomic mass is 16.4. The number of carbonyl (C=O) groups is 14. The maximum atomic E-state index is 14.1. The first-order chi connectivity index (χ1) is 45.2. The Morgan fingerprint density at radius 3 is 1.24 bits per heavy atom. The second kappa shape index (κ2) is 45.4. The molecular formula is C59H109N21O17. The number of rotatable bonds is 48. The van der Waals surface area contributed by atoms with E-state index in [9.17, 15) is 82.4 Å². The number of hydrogen-bond acceptors (Lipinski definition) is 20. The highest BCUT2D eigenvalue weighted by molar-refractivity contribution is 6.00. The number of nitrogens with zero attached hydrogens (tertiary/aromatic N) is 2. The van der Waals surface area contributed by atoms with E-state index >= 15 is 0 Å². The second-order valence-electron chi connectivity index (χ2n) is 24.6. The van der Waals surface area contributed by atoms with Gasteiger partial charge in [-0.25, -0.2) is 4.79 Å². The molecule has 0 fully saturated rings. The van der Waals surface area contributed by atoms with Crippen molar-refractivity contribution in [3.63, 3.8) is 0 Å². The standard InChI is InChI=1S/C59H109N21O17/c1-11-29(7)43(78-51(90)38(25-40(63)84)74-48(87)35(18-15-21-68-58(64)65)72-54(93)44(30(8)12-2)77-47(86)33(61)24-39(62)83)52(91)70-26-41(85)71-34(17-13-14-20-60)49(88)79-45(31(9)81)56(95)75-37(23-27(3)4)50(89)76-42(28(5)6)53(92)80-46(32(10)82)55(94)73-36(57(96)97)19-16-22-69-59(66)67/h27-38,42-46,81-82H,11-26,60-61H2,1-10H3,(H2,62,83)(H2,63,84)(H,70,91)(H,71,85)(H,72,93)(H,73,94)(H,74,87)(H,75,95)(H,76,89)(H,77,86)(H,78,90)(H,79,88)(H,80,92)(H,96,97)(H4,64,65,68)(H4,66,67,69)/t29-,30-,31+,32+,33-,34-,35-,36-,37-,38-,42-,43-,44-,45-,46-/m0/s1. The molecule has 38 nitrogen and oxygen atoms in total. The monoisotopic (exact) mass is 1380 g/mol. The number of carboxylic acid groups (broad SMARTS) is 1. The van der Waals surface area contributed by atoms with Gasteiger partial charge in [0.1, 0.15) is 60.4 Å². The number of aliphatic hydroxyl groups excluding tert-OH is 2. The fourth-order valence-corrected chi connectivity index (χ4v) is 9.31. The summed E-state index contributed by atoms with van der Waals surface area (Å²) in [5.41, 5.74) is 43.8. The Hall–Kier alpha value is -9.04. The molecule has 0 aromatic heterocycles. The number of aliphatic carboxylic acids is 1. The SMILES string of the molecule is CC[C@H](C)[C@H](NC(=O)[C@H](CC(N)=O)NC(=O)[C@H](CCCN=C(N)N)NC(=O)[C@@H](NC(=O)[C@@H](N)CC(N)=O)[C@@H](C)CC)C(=O)NCC(=O)N[C@@H](CCCCN)C(=O)N[C@H](C(=O)N[C@@H](CC(C)C)C(=O)N[C@H](C(=O)N[C@H](C(=O)N[C@@H](CCCN=C(N)N)C(=O)O)[C@@H](C)O)C(C)C)[C@@H](C)O. The quantitative estimate of drug-likeness (QED) is 0.0153. The van der Waals surface area contributed by atoms with Crippen LogP contribution in [0.1, 0.15) is 146 Å². The van der Waals surface area contributed by atoms with E-state index in [-0.39, 0.29) is 88.8 Å². The number of carboxylic acids is 1. The van der Waals surface area contributed by atoms with Gasteiger partial charge < -0.3 is 120 Å². The molecule has 0 rings (SSSR count).